The molecule has 0 aliphatic heterocycles. The van der Waals surface area contributed by atoms with Gasteiger partial charge in [-0.1, -0.05) is 9.81 Å². The maximum absolute atomic E-state index is 12.5. The van der Waals surface area contributed by atoms with Crippen LogP contribution in [0.15, 0.2) is 24.3 Å². The summed E-state index contributed by atoms with van der Waals surface area (Å²) in [4.78, 5) is 0. The fourth-order valence-corrected chi connectivity index (χ4v) is 1.72. The van der Waals surface area contributed by atoms with Gasteiger partial charge < -0.3 is 0 Å². The van der Waals surface area contributed by atoms with Crippen LogP contribution in [-0.2, 0) is 10.4 Å². The molecule has 0 fully saturated rings. The highest BCUT2D eigenvalue weighted by Gasteiger charge is 2.22. The van der Waals surface area contributed by atoms with Crippen molar-refractivity contribution in [3.05, 3.63) is 29.8 Å². The van der Waals surface area contributed by atoms with E-state index in [0.717, 1.165) is 0 Å². The number of benzene rings is 1. The summed E-state index contributed by atoms with van der Waals surface area (Å²) in [5.74, 6) is 2.29. The van der Waals surface area contributed by atoms with E-state index in [1.54, 1.807) is 0 Å². The Labute approximate surface area is 90.9 Å². The van der Waals surface area contributed by atoms with E-state index in [2.05, 4.69) is 5.92 Å². The molecule has 0 aliphatic rings. The summed E-state index contributed by atoms with van der Waals surface area (Å²) in [6.07, 6.45) is 5.06. The summed E-state index contributed by atoms with van der Waals surface area (Å²) in [6, 6.07) is 5.17. The van der Waals surface area contributed by atoms with Crippen LogP contribution in [-0.4, -0.2) is 8.42 Å². The predicted molar refractivity (Wildman–Crippen MR) is 55.6 cm³/mol. The lowest BCUT2D eigenvalue weighted by Crippen LogP contribution is -2.17. The van der Waals surface area contributed by atoms with Gasteiger partial charge in [0.25, 0.3) is 0 Å². The van der Waals surface area contributed by atoms with Crippen molar-refractivity contribution in [1.82, 2.24) is 0 Å². The van der Waals surface area contributed by atoms with E-state index in [9.17, 15) is 16.2 Å². The zero-order valence-electron chi connectivity index (χ0n) is 7.22. The van der Waals surface area contributed by atoms with E-state index in [-0.39, 0.29) is 9.40 Å². The van der Waals surface area contributed by atoms with Crippen LogP contribution < -0.4 is 3.71 Å². The minimum absolute atomic E-state index is 0.0900. The van der Waals surface area contributed by atoms with E-state index in [1.807, 2.05) is 0 Å². The summed E-state index contributed by atoms with van der Waals surface area (Å²) in [6.45, 7) is 0. The van der Waals surface area contributed by atoms with Gasteiger partial charge in [-0.05, 0) is 24.3 Å². The average Bonchev–Trinajstić information content (AvgIpc) is 2.18. The summed E-state index contributed by atoms with van der Waals surface area (Å²) in [7, 11) is -5.12. The molecule has 0 spiro atoms. The molecule has 3 nitrogen and oxygen atoms in total. The smallest absolute Gasteiger partial charge is 0.170 e. The lowest BCUT2D eigenvalue weighted by Gasteiger charge is -2.12. The fourth-order valence-electron chi connectivity index (χ4n) is 0.879. The SMILES string of the molecule is C#Cc1ccc(N(SF)S(=O)(=O)F)cc1. The summed E-state index contributed by atoms with van der Waals surface area (Å²) < 4.78 is 45.6. The number of halogens is 2. The summed E-state index contributed by atoms with van der Waals surface area (Å²) >= 11 is -0.738. The Morgan fingerprint density at radius 2 is 1.87 bits per heavy atom. The van der Waals surface area contributed by atoms with Gasteiger partial charge >= 0.3 is 10.4 Å². The highest BCUT2D eigenvalue weighted by Crippen LogP contribution is 2.27. The molecular weight excluding hydrogens is 244 g/mol. The first kappa shape index (κ1) is 11.8. The van der Waals surface area contributed by atoms with Gasteiger partial charge in [0.05, 0.1) is 5.69 Å². The van der Waals surface area contributed by atoms with Crippen molar-refractivity contribution in [2.24, 2.45) is 0 Å². The maximum Gasteiger partial charge on any atom is 0.411 e. The van der Waals surface area contributed by atoms with Gasteiger partial charge in [-0.25, -0.2) is 0 Å². The Balaban J connectivity index is 3.11. The van der Waals surface area contributed by atoms with Crippen LogP contribution in [0, 0.1) is 12.3 Å². The molecule has 1 aromatic rings. The van der Waals surface area contributed by atoms with Crippen molar-refractivity contribution < 1.29 is 16.2 Å². The van der Waals surface area contributed by atoms with Crippen molar-refractivity contribution in [3.8, 4) is 12.3 Å². The standard InChI is InChI=1S/C8H5F2NO2S2/c1-2-7-3-5-8(6-4-7)11(14-9)15(10,12)13/h1,3-6H. The second-order valence-corrected chi connectivity index (χ2v) is 4.35. The minimum atomic E-state index is -5.12. The third-order valence-electron chi connectivity index (χ3n) is 1.51. The molecule has 0 aromatic heterocycles. The van der Waals surface area contributed by atoms with Crippen LogP contribution in [0.4, 0.5) is 13.5 Å². The first-order valence-corrected chi connectivity index (χ1v) is 5.60. The average molecular weight is 249 g/mol. The molecule has 0 amide bonds. The van der Waals surface area contributed by atoms with E-state index in [4.69, 9.17) is 6.42 Å². The first-order valence-electron chi connectivity index (χ1n) is 3.59. The molecule has 15 heavy (non-hydrogen) atoms. The topological polar surface area (TPSA) is 37.4 Å². The van der Waals surface area contributed by atoms with Crippen molar-refractivity contribution >= 4 is 28.4 Å². The number of terminal acetylenes is 1. The highest BCUT2D eigenvalue weighted by molar-refractivity contribution is 8.10. The predicted octanol–water partition coefficient (Wildman–Crippen LogP) is 2.22. The lowest BCUT2D eigenvalue weighted by atomic mass is 10.2. The Hall–Kier alpha value is -1.26. The molecule has 1 rings (SSSR count). The van der Waals surface area contributed by atoms with E-state index in [1.165, 1.54) is 24.3 Å². The zero-order chi connectivity index (χ0) is 11.5. The van der Waals surface area contributed by atoms with Crippen LogP contribution >= 0.6 is 12.3 Å². The number of hydrogen-bond acceptors (Lipinski definition) is 3. The molecule has 80 valence electrons. The molecule has 0 atom stereocenters. The summed E-state index contributed by atoms with van der Waals surface area (Å²) in [5, 5.41) is 0. The van der Waals surface area contributed by atoms with Gasteiger partial charge in [0, 0.05) is 5.56 Å². The monoisotopic (exact) mass is 249 g/mol. The van der Waals surface area contributed by atoms with Gasteiger partial charge in [0.1, 0.15) is 0 Å². The highest BCUT2D eigenvalue weighted by atomic mass is 32.3. The molecular formula is C8H5F2NO2S2. The molecule has 0 bridgehead atoms. The molecule has 0 aliphatic carbocycles. The third-order valence-corrected chi connectivity index (χ3v) is 3.15. The molecule has 0 heterocycles. The molecule has 7 heteroatoms. The first-order chi connectivity index (χ1) is 6.99. The zero-order valence-corrected chi connectivity index (χ0v) is 8.86. The normalized spacial score (nSPS) is 10.7. The maximum atomic E-state index is 12.5. The Morgan fingerprint density at radius 3 is 2.20 bits per heavy atom. The quantitative estimate of drug-likeness (QED) is 0.468. The molecule has 0 radical (unpaired) electrons. The van der Waals surface area contributed by atoms with Crippen LogP contribution in [0.1, 0.15) is 5.56 Å². The van der Waals surface area contributed by atoms with Gasteiger partial charge in [0.2, 0.25) is 0 Å². The molecule has 0 saturated heterocycles. The van der Waals surface area contributed by atoms with Crippen molar-refractivity contribution in [2.75, 3.05) is 3.71 Å². The Kier molecular flexibility index (Phi) is 3.55. The number of nitrogens with zero attached hydrogens (tertiary/aromatic N) is 1. The van der Waals surface area contributed by atoms with Crippen molar-refractivity contribution in [2.45, 2.75) is 0 Å². The van der Waals surface area contributed by atoms with Crippen LogP contribution in [0.2, 0.25) is 0 Å². The second kappa shape index (κ2) is 4.51. The van der Waals surface area contributed by atoms with Crippen molar-refractivity contribution in [1.29, 1.82) is 0 Å². The van der Waals surface area contributed by atoms with Crippen LogP contribution in [0.25, 0.3) is 0 Å². The lowest BCUT2D eigenvalue weighted by molar-refractivity contribution is 0.554. The second-order valence-electron chi connectivity index (χ2n) is 2.43. The van der Waals surface area contributed by atoms with Crippen LogP contribution in [0.3, 0.4) is 0 Å². The minimum Gasteiger partial charge on any atom is -0.170 e. The van der Waals surface area contributed by atoms with Crippen LogP contribution in [0.5, 0.6) is 0 Å². The van der Waals surface area contributed by atoms with E-state index >= 15 is 0 Å². The fraction of sp³-hybridized carbons (Fsp3) is 0. The van der Waals surface area contributed by atoms with Gasteiger partial charge in [0.15, 0.2) is 12.3 Å². The summed E-state index contributed by atoms with van der Waals surface area (Å²) in [5.41, 5.74) is 0.336. The Morgan fingerprint density at radius 1 is 1.33 bits per heavy atom. The molecule has 1 aromatic carbocycles. The number of hydrogen-bond donors (Lipinski definition) is 0. The van der Waals surface area contributed by atoms with Crippen molar-refractivity contribution in [3.63, 3.8) is 0 Å². The van der Waals surface area contributed by atoms with Gasteiger partial charge in [-0.15, -0.1) is 10.3 Å². The van der Waals surface area contributed by atoms with E-state index in [0.29, 0.717) is 5.56 Å². The largest absolute Gasteiger partial charge is 0.411 e. The molecule has 0 unspecified atom stereocenters. The number of rotatable bonds is 3. The van der Waals surface area contributed by atoms with Gasteiger partial charge in [-0.3, -0.25) is 0 Å². The van der Waals surface area contributed by atoms with E-state index < -0.39 is 22.7 Å². The number of anilines is 1. The van der Waals surface area contributed by atoms with Gasteiger partial charge in [-0.2, -0.15) is 12.1 Å². The Bertz CT molecular complexity index is 478. The third kappa shape index (κ3) is 2.84. The molecule has 0 N–H and O–H groups in total. The molecule has 0 saturated carbocycles.